The van der Waals surface area contributed by atoms with Crippen molar-refractivity contribution < 1.29 is 9.13 Å². The van der Waals surface area contributed by atoms with Gasteiger partial charge in [0, 0.05) is 11.6 Å². The number of halogens is 1. The Kier molecular flexibility index (Phi) is 1.54. The molecule has 0 spiro atoms. The number of fused-ring (bicyclic) bond motifs is 1. The summed E-state index contributed by atoms with van der Waals surface area (Å²) >= 11 is 0. The maximum absolute atomic E-state index is 13.0. The fraction of sp³-hybridized carbons (Fsp3) is 0.333. The average molecular weight is 167 g/mol. The summed E-state index contributed by atoms with van der Waals surface area (Å²) in [6, 6.07) is 3.05. The fourth-order valence-corrected chi connectivity index (χ4v) is 1.37. The number of hydrogen-bond donors (Lipinski definition) is 1. The van der Waals surface area contributed by atoms with Crippen molar-refractivity contribution in [3.05, 3.63) is 29.1 Å². The monoisotopic (exact) mass is 167 g/mol. The lowest BCUT2D eigenvalue weighted by atomic mass is 10.1. The highest BCUT2D eigenvalue weighted by molar-refractivity contribution is 5.42. The second kappa shape index (κ2) is 2.45. The highest BCUT2D eigenvalue weighted by Gasteiger charge is 2.21. The fourth-order valence-electron chi connectivity index (χ4n) is 1.37. The van der Waals surface area contributed by atoms with Crippen molar-refractivity contribution >= 4 is 0 Å². The van der Waals surface area contributed by atoms with E-state index in [-0.39, 0.29) is 11.9 Å². The largest absolute Gasteiger partial charge is 0.491 e. The quantitative estimate of drug-likeness (QED) is 0.636. The zero-order chi connectivity index (χ0) is 8.72. The van der Waals surface area contributed by atoms with Crippen LogP contribution in [0.1, 0.15) is 17.2 Å². The molecule has 0 bridgehead atoms. The van der Waals surface area contributed by atoms with E-state index in [4.69, 9.17) is 10.5 Å². The predicted octanol–water partition coefficient (Wildman–Crippen LogP) is 1.53. The van der Waals surface area contributed by atoms with Gasteiger partial charge in [0.1, 0.15) is 18.2 Å². The van der Waals surface area contributed by atoms with Crippen LogP contribution in [-0.2, 0) is 0 Å². The van der Waals surface area contributed by atoms with Crippen molar-refractivity contribution in [3.8, 4) is 5.75 Å². The maximum atomic E-state index is 13.0. The van der Waals surface area contributed by atoms with Crippen LogP contribution in [0.3, 0.4) is 0 Å². The third kappa shape index (κ3) is 0.975. The van der Waals surface area contributed by atoms with E-state index in [1.54, 1.807) is 13.0 Å². The first-order valence-electron chi connectivity index (χ1n) is 3.87. The second-order valence-corrected chi connectivity index (χ2v) is 3.06. The SMILES string of the molecule is Cc1cc2c(cc1F)OC[C@H]2N. The van der Waals surface area contributed by atoms with E-state index in [1.165, 1.54) is 6.07 Å². The molecule has 0 aliphatic carbocycles. The number of aryl methyl sites for hydroxylation is 1. The van der Waals surface area contributed by atoms with Gasteiger partial charge in [0.05, 0.1) is 6.04 Å². The van der Waals surface area contributed by atoms with Crippen molar-refractivity contribution in [2.75, 3.05) is 6.61 Å². The van der Waals surface area contributed by atoms with Gasteiger partial charge in [-0.05, 0) is 18.6 Å². The summed E-state index contributed by atoms with van der Waals surface area (Å²) in [6.45, 7) is 2.18. The highest BCUT2D eigenvalue weighted by Crippen LogP contribution is 2.32. The van der Waals surface area contributed by atoms with E-state index in [2.05, 4.69) is 0 Å². The Morgan fingerprint density at radius 1 is 1.58 bits per heavy atom. The molecule has 12 heavy (non-hydrogen) atoms. The van der Waals surface area contributed by atoms with Gasteiger partial charge in [-0.3, -0.25) is 0 Å². The number of hydrogen-bond acceptors (Lipinski definition) is 2. The third-order valence-electron chi connectivity index (χ3n) is 2.11. The van der Waals surface area contributed by atoms with Crippen LogP contribution < -0.4 is 10.5 Å². The summed E-state index contributed by atoms with van der Waals surface area (Å²) in [5.74, 6) is 0.355. The predicted molar refractivity (Wildman–Crippen MR) is 43.6 cm³/mol. The van der Waals surface area contributed by atoms with Crippen LogP contribution in [0.4, 0.5) is 4.39 Å². The first kappa shape index (κ1) is 7.55. The molecule has 1 aliphatic heterocycles. The molecule has 0 saturated heterocycles. The standard InChI is InChI=1S/C9H10FNO/c1-5-2-6-8(11)4-12-9(6)3-7(5)10/h2-3,8H,4,11H2,1H3/t8-/m1/s1. The van der Waals surface area contributed by atoms with Crippen LogP contribution in [0.5, 0.6) is 5.75 Å². The molecule has 0 radical (unpaired) electrons. The maximum Gasteiger partial charge on any atom is 0.129 e. The topological polar surface area (TPSA) is 35.2 Å². The first-order valence-corrected chi connectivity index (χ1v) is 3.87. The molecule has 1 atom stereocenters. The lowest BCUT2D eigenvalue weighted by Gasteiger charge is -2.02. The van der Waals surface area contributed by atoms with Gasteiger partial charge < -0.3 is 10.5 Å². The van der Waals surface area contributed by atoms with Crippen LogP contribution in [-0.4, -0.2) is 6.61 Å². The Morgan fingerprint density at radius 3 is 3.08 bits per heavy atom. The number of nitrogens with two attached hydrogens (primary N) is 1. The van der Waals surface area contributed by atoms with Gasteiger partial charge in [0.2, 0.25) is 0 Å². The molecule has 0 amide bonds. The molecule has 2 rings (SSSR count). The summed E-state index contributed by atoms with van der Waals surface area (Å²) in [5.41, 5.74) is 7.25. The zero-order valence-electron chi connectivity index (χ0n) is 6.80. The van der Waals surface area contributed by atoms with Gasteiger partial charge in [-0.2, -0.15) is 0 Å². The van der Waals surface area contributed by atoms with Crippen LogP contribution in [0.25, 0.3) is 0 Å². The average Bonchev–Trinajstić information content (AvgIpc) is 2.35. The van der Waals surface area contributed by atoms with Crippen molar-refractivity contribution in [3.63, 3.8) is 0 Å². The Balaban J connectivity index is 2.56. The Bertz CT molecular complexity index is 325. The van der Waals surface area contributed by atoms with Crippen molar-refractivity contribution in [1.82, 2.24) is 0 Å². The molecular formula is C9H10FNO. The third-order valence-corrected chi connectivity index (χ3v) is 2.11. The summed E-state index contributed by atoms with van der Waals surface area (Å²) in [4.78, 5) is 0. The van der Waals surface area contributed by atoms with Gasteiger partial charge in [-0.25, -0.2) is 4.39 Å². The van der Waals surface area contributed by atoms with E-state index in [0.717, 1.165) is 5.56 Å². The Morgan fingerprint density at radius 2 is 2.33 bits per heavy atom. The van der Waals surface area contributed by atoms with E-state index in [0.29, 0.717) is 17.9 Å². The minimum absolute atomic E-state index is 0.0979. The molecule has 0 saturated carbocycles. The minimum Gasteiger partial charge on any atom is -0.491 e. The van der Waals surface area contributed by atoms with Crippen LogP contribution in [0.2, 0.25) is 0 Å². The molecule has 1 aromatic rings. The van der Waals surface area contributed by atoms with Gasteiger partial charge in [-0.15, -0.1) is 0 Å². The second-order valence-electron chi connectivity index (χ2n) is 3.06. The van der Waals surface area contributed by atoms with E-state index in [9.17, 15) is 4.39 Å². The Labute approximate surface area is 70.1 Å². The molecule has 1 heterocycles. The van der Waals surface area contributed by atoms with Gasteiger partial charge in [-0.1, -0.05) is 0 Å². The molecule has 2 N–H and O–H groups in total. The van der Waals surface area contributed by atoms with Crippen molar-refractivity contribution in [2.24, 2.45) is 5.73 Å². The molecule has 64 valence electrons. The normalized spacial score (nSPS) is 20.4. The molecule has 0 fully saturated rings. The molecule has 1 aliphatic rings. The molecule has 3 heteroatoms. The summed E-state index contributed by atoms with van der Waals surface area (Å²) in [5, 5.41) is 0. The van der Waals surface area contributed by atoms with E-state index in [1.807, 2.05) is 0 Å². The molecule has 1 aromatic carbocycles. The van der Waals surface area contributed by atoms with Crippen LogP contribution in [0, 0.1) is 12.7 Å². The lowest BCUT2D eigenvalue weighted by molar-refractivity contribution is 0.332. The van der Waals surface area contributed by atoms with Gasteiger partial charge in [0.25, 0.3) is 0 Å². The van der Waals surface area contributed by atoms with E-state index < -0.39 is 0 Å². The van der Waals surface area contributed by atoms with Gasteiger partial charge in [0.15, 0.2) is 0 Å². The zero-order valence-corrected chi connectivity index (χ0v) is 6.80. The van der Waals surface area contributed by atoms with Crippen molar-refractivity contribution in [1.29, 1.82) is 0 Å². The minimum atomic E-state index is -0.233. The Hall–Kier alpha value is -1.09. The molecule has 2 nitrogen and oxygen atoms in total. The molecular weight excluding hydrogens is 157 g/mol. The smallest absolute Gasteiger partial charge is 0.129 e. The van der Waals surface area contributed by atoms with Gasteiger partial charge >= 0.3 is 0 Å². The lowest BCUT2D eigenvalue weighted by Crippen LogP contribution is -2.10. The van der Waals surface area contributed by atoms with E-state index >= 15 is 0 Å². The summed E-state index contributed by atoms with van der Waals surface area (Å²) in [7, 11) is 0. The number of ether oxygens (including phenoxy) is 1. The summed E-state index contributed by atoms with van der Waals surface area (Å²) < 4.78 is 18.2. The number of rotatable bonds is 0. The first-order chi connectivity index (χ1) is 5.68. The highest BCUT2D eigenvalue weighted by atomic mass is 19.1. The molecule has 0 unspecified atom stereocenters. The summed E-state index contributed by atoms with van der Waals surface area (Å²) in [6.07, 6.45) is 0. The van der Waals surface area contributed by atoms with Crippen LogP contribution >= 0.6 is 0 Å². The molecule has 0 aromatic heterocycles. The van der Waals surface area contributed by atoms with Crippen LogP contribution in [0.15, 0.2) is 12.1 Å². The number of benzene rings is 1. The van der Waals surface area contributed by atoms with Crippen molar-refractivity contribution in [2.45, 2.75) is 13.0 Å².